The number of likely N-dealkylation sites (tertiary alicyclic amines) is 1. The molecule has 0 bridgehead atoms. The highest BCUT2D eigenvalue weighted by Gasteiger charge is 2.21. The van der Waals surface area contributed by atoms with E-state index in [1.165, 1.54) is 24.6 Å². The van der Waals surface area contributed by atoms with Crippen molar-refractivity contribution in [1.82, 2.24) is 10.1 Å². The molecule has 0 unspecified atom stereocenters. The van der Waals surface area contributed by atoms with E-state index < -0.39 is 0 Å². The van der Waals surface area contributed by atoms with Crippen molar-refractivity contribution in [2.24, 2.45) is 0 Å². The van der Waals surface area contributed by atoms with Crippen molar-refractivity contribution >= 4 is 40.0 Å². The molecule has 0 saturated carbocycles. The summed E-state index contributed by atoms with van der Waals surface area (Å²) in [4.78, 5) is 14.1. The highest BCUT2D eigenvalue weighted by atomic mass is 32.2. The lowest BCUT2D eigenvalue weighted by Gasteiger charge is -2.20. The van der Waals surface area contributed by atoms with E-state index in [0.717, 1.165) is 17.4 Å². The summed E-state index contributed by atoms with van der Waals surface area (Å²) in [6.07, 6.45) is 2.36. The Balaban J connectivity index is 1.83. The molecule has 1 fully saturated rings. The second kappa shape index (κ2) is 6.38. The van der Waals surface area contributed by atoms with E-state index in [1.807, 2.05) is 6.92 Å². The molecule has 19 heavy (non-hydrogen) atoms. The minimum atomic E-state index is -0.245. The van der Waals surface area contributed by atoms with E-state index in [2.05, 4.69) is 15.4 Å². The molecule has 0 aliphatic carbocycles. The lowest BCUT2D eigenvalue weighted by atomic mass is 10.4. The van der Waals surface area contributed by atoms with Gasteiger partial charge in [0.2, 0.25) is 5.91 Å². The molecule has 1 N–H and O–H groups in total. The maximum absolute atomic E-state index is 12.0. The maximum atomic E-state index is 12.0. The molecule has 1 saturated heterocycles. The number of nitrogens with one attached hydrogen (secondary N) is 1. The normalized spacial score (nSPS) is 16.4. The number of amides is 1. The Morgan fingerprint density at radius 2 is 2.26 bits per heavy atom. The molecule has 1 atom stereocenters. The summed E-state index contributed by atoms with van der Waals surface area (Å²) in [5.41, 5.74) is 0. The molecule has 1 aliphatic heterocycles. The van der Waals surface area contributed by atoms with Gasteiger partial charge in [-0.05, 0) is 26.7 Å². The Morgan fingerprint density at radius 1 is 1.58 bits per heavy atom. The maximum Gasteiger partial charge on any atom is 0.238 e. The number of hydrogen-bond donors (Lipinski definition) is 1. The SMILES string of the molecule is Cc1cc(NC(=O)[C@@H](C)SC(=S)N2CCCC2)no1. The Bertz CT molecular complexity index is 469. The molecule has 1 aromatic heterocycles. The molecule has 104 valence electrons. The molecule has 0 spiro atoms. The minimum Gasteiger partial charge on any atom is -0.360 e. The Morgan fingerprint density at radius 3 is 2.84 bits per heavy atom. The number of nitrogens with zero attached hydrogens (tertiary/aromatic N) is 2. The fourth-order valence-electron chi connectivity index (χ4n) is 1.83. The highest BCUT2D eigenvalue weighted by molar-refractivity contribution is 8.23. The second-order valence-corrected chi connectivity index (χ2v) is 6.51. The summed E-state index contributed by atoms with van der Waals surface area (Å²) in [7, 11) is 0. The van der Waals surface area contributed by atoms with Crippen molar-refractivity contribution in [2.45, 2.75) is 31.9 Å². The number of anilines is 1. The van der Waals surface area contributed by atoms with Crippen LogP contribution in [0.15, 0.2) is 10.6 Å². The number of hydrogen-bond acceptors (Lipinski definition) is 5. The molecule has 1 amide bonds. The first-order chi connectivity index (χ1) is 9.06. The zero-order valence-electron chi connectivity index (χ0n) is 11.0. The van der Waals surface area contributed by atoms with Gasteiger partial charge in [-0.3, -0.25) is 4.79 Å². The predicted molar refractivity (Wildman–Crippen MR) is 80.3 cm³/mol. The lowest BCUT2D eigenvalue weighted by molar-refractivity contribution is -0.115. The van der Waals surface area contributed by atoms with Crippen LogP contribution in [0.25, 0.3) is 0 Å². The number of rotatable bonds is 3. The van der Waals surface area contributed by atoms with Crippen LogP contribution in [0.2, 0.25) is 0 Å². The van der Waals surface area contributed by atoms with Gasteiger partial charge in [0.15, 0.2) is 5.82 Å². The summed E-state index contributed by atoms with van der Waals surface area (Å²) in [5, 5.41) is 6.21. The van der Waals surface area contributed by atoms with Gasteiger partial charge in [-0.15, -0.1) is 0 Å². The summed E-state index contributed by atoms with van der Waals surface area (Å²) in [5.74, 6) is 1.00. The third-order valence-corrected chi connectivity index (χ3v) is 4.46. The van der Waals surface area contributed by atoms with Gasteiger partial charge < -0.3 is 14.7 Å². The number of aryl methyl sites for hydroxylation is 1. The lowest BCUT2D eigenvalue weighted by Crippen LogP contribution is -2.29. The Labute approximate surface area is 122 Å². The van der Waals surface area contributed by atoms with Crippen molar-refractivity contribution in [3.63, 3.8) is 0 Å². The minimum absolute atomic E-state index is 0.111. The average Bonchev–Trinajstić information content (AvgIpc) is 3.00. The molecule has 2 rings (SSSR count). The van der Waals surface area contributed by atoms with Crippen LogP contribution in [-0.2, 0) is 4.79 Å². The predicted octanol–water partition coefficient (Wildman–Crippen LogP) is 2.42. The summed E-state index contributed by atoms with van der Waals surface area (Å²) < 4.78 is 5.70. The van der Waals surface area contributed by atoms with Crippen LogP contribution in [0.3, 0.4) is 0 Å². The van der Waals surface area contributed by atoms with Crippen LogP contribution < -0.4 is 5.32 Å². The molecule has 0 aromatic carbocycles. The van der Waals surface area contributed by atoms with E-state index in [-0.39, 0.29) is 11.2 Å². The number of carbonyl (C=O) groups is 1. The van der Waals surface area contributed by atoms with Gasteiger partial charge in [0, 0.05) is 19.2 Å². The first-order valence-corrected chi connectivity index (χ1v) is 7.55. The van der Waals surface area contributed by atoms with Gasteiger partial charge in [0.1, 0.15) is 10.1 Å². The van der Waals surface area contributed by atoms with Crippen LogP contribution >= 0.6 is 24.0 Å². The largest absolute Gasteiger partial charge is 0.360 e. The summed E-state index contributed by atoms with van der Waals surface area (Å²) in [6.45, 7) is 5.63. The van der Waals surface area contributed by atoms with Gasteiger partial charge in [-0.25, -0.2) is 0 Å². The Hall–Kier alpha value is -1.08. The molecular weight excluding hydrogens is 282 g/mol. The van der Waals surface area contributed by atoms with E-state index in [0.29, 0.717) is 11.6 Å². The fourth-order valence-corrected chi connectivity index (χ4v) is 3.25. The third-order valence-electron chi connectivity index (χ3n) is 2.89. The van der Waals surface area contributed by atoms with E-state index in [9.17, 15) is 4.79 Å². The van der Waals surface area contributed by atoms with Gasteiger partial charge in [0.25, 0.3) is 0 Å². The van der Waals surface area contributed by atoms with Crippen LogP contribution in [0, 0.1) is 6.92 Å². The molecule has 7 heteroatoms. The van der Waals surface area contributed by atoms with Gasteiger partial charge in [0.05, 0.1) is 5.25 Å². The second-order valence-electron chi connectivity index (χ2n) is 4.53. The Kier molecular flexibility index (Phi) is 4.81. The van der Waals surface area contributed by atoms with E-state index >= 15 is 0 Å². The number of thioether (sulfide) groups is 1. The quantitative estimate of drug-likeness (QED) is 0.865. The van der Waals surface area contributed by atoms with Gasteiger partial charge in [-0.1, -0.05) is 29.1 Å². The monoisotopic (exact) mass is 299 g/mol. The molecule has 0 radical (unpaired) electrons. The van der Waals surface area contributed by atoms with E-state index in [1.54, 1.807) is 13.0 Å². The van der Waals surface area contributed by atoms with Crippen LogP contribution in [-0.4, -0.2) is 38.6 Å². The van der Waals surface area contributed by atoms with Crippen molar-refractivity contribution in [3.05, 3.63) is 11.8 Å². The summed E-state index contributed by atoms with van der Waals surface area (Å²) >= 11 is 6.77. The number of thiocarbonyl (C=S) groups is 1. The molecular formula is C12H17N3O2S2. The first kappa shape index (κ1) is 14.3. The number of carbonyl (C=O) groups excluding carboxylic acids is 1. The molecule has 1 aliphatic rings. The van der Waals surface area contributed by atoms with Gasteiger partial charge >= 0.3 is 0 Å². The summed E-state index contributed by atoms with van der Waals surface area (Å²) in [6, 6.07) is 1.69. The molecule has 5 nitrogen and oxygen atoms in total. The zero-order chi connectivity index (χ0) is 13.8. The van der Waals surface area contributed by atoms with Gasteiger partial charge in [-0.2, -0.15) is 0 Å². The van der Waals surface area contributed by atoms with Crippen molar-refractivity contribution < 1.29 is 9.32 Å². The highest BCUT2D eigenvalue weighted by Crippen LogP contribution is 2.21. The average molecular weight is 299 g/mol. The molecule has 2 heterocycles. The van der Waals surface area contributed by atoms with Crippen LogP contribution in [0.1, 0.15) is 25.5 Å². The zero-order valence-corrected chi connectivity index (χ0v) is 12.6. The smallest absolute Gasteiger partial charge is 0.238 e. The first-order valence-electron chi connectivity index (χ1n) is 6.26. The van der Waals surface area contributed by atoms with E-state index in [4.69, 9.17) is 16.7 Å². The fraction of sp³-hybridized carbons (Fsp3) is 0.583. The van der Waals surface area contributed by atoms with Crippen molar-refractivity contribution in [1.29, 1.82) is 0 Å². The van der Waals surface area contributed by atoms with Crippen LogP contribution in [0.5, 0.6) is 0 Å². The van der Waals surface area contributed by atoms with Crippen molar-refractivity contribution in [3.8, 4) is 0 Å². The number of aromatic nitrogens is 1. The van der Waals surface area contributed by atoms with Crippen molar-refractivity contribution in [2.75, 3.05) is 18.4 Å². The molecule has 1 aromatic rings. The standard InChI is InChI=1S/C12H17N3O2S2/c1-8-7-10(14-17-8)13-11(16)9(2)19-12(18)15-5-3-4-6-15/h7,9H,3-6H2,1-2H3,(H,13,14,16)/t9-/m1/s1. The topological polar surface area (TPSA) is 58.4 Å². The third kappa shape index (κ3) is 3.94. The van der Waals surface area contributed by atoms with Crippen LogP contribution in [0.4, 0.5) is 5.82 Å².